The zero-order valence-corrected chi connectivity index (χ0v) is 12.6. The molecule has 0 atom stereocenters. The molecule has 2 N–H and O–H groups in total. The summed E-state index contributed by atoms with van der Waals surface area (Å²) in [5.41, 5.74) is -1.01. The maximum atomic E-state index is 11.6. The van der Waals surface area contributed by atoms with Crippen molar-refractivity contribution in [3.63, 3.8) is 0 Å². The predicted molar refractivity (Wildman–Crippen MR) is 75.0 cm³/mol. The molecule has 1 rings (SSSR count). The summed E-state index contributed by atoms with van der Waals surface area (Å²) in [5.74, 6) is 0.770. The second kappa shape index (κ2) is 6.15. The molecule has 0 bridgehead atoms. The van der Waals surface area contributed by atoms with Crippen molar-refractivity contribution in [1.29, 1.82) is 0 Å². The third kappa shape index (κ3) is 5.48. The molecule has 0 aromatic heterocycles. The Balaban J connectivity index is 2.33. The van der Waals surface area contributed by atoms with E-state index in [1.807, 2.05) is 27.0 Å². The fourth-order valence-electron chi connectivity index (χ4n) is 2.19. The van der Waals surface area contributed by atoms with Gasteiger partial charge in [0.05, 0.1) is 5.60 Å². The van der Waals surface area contributed by atoms with Crippen LogP contribution in [0, 0.1) is 0 Å². The quantitative estimate of drug-likeness (QED) is 0.831. The van der Waals surface area contributed by atoms with Crippen LogP contribution in [0.25, 0.3) is 0 Å². The van der Waals surface area contributed by atoms with Crippen LogP contribution in [0.4, 0.5) is 4.79 Å². The van der Waals surface area contributed by atoms with Gasteiger partial charge in [-0.1, -0.05) is 0 Å². The van der Waals surface area contributed by atoms with Gasteiger partial charge >= 0.3 is 6.09 Å². The van der Waals surface area contributed by atoms with Crippen molar-refractivity contribution in [2.75, 3.05) is 12.0 Å². The molecule has 1 aliphatic carbocycles. The van der Waals surface area contributed by atoms with Gasteiger partial charge in [0.15, 0.2) is 0 Å². The molecule has 0 heterocycles. The van der Waals surface area contributed by atoms with Gasteiger partial charge in [-0.2, -0.15) is 11.8 Å². The first-order valence-corrected chi connectivity index (χ1v) is 7.84. The Hall–Kier alpha value is -0.420. The molecule has 18 heavy (non-hydrogen) atoms. The maximum absolute atomic E-state index is 11.6. The van der Waals surface area contributed by atoms with Crippen molar-refractivity contribution < 1.29 is 14.6 Å². The SMILES string of the molecule is CSCC1(O)CCC(NC(=O)OC(C)(C)C)CC1. The van der Waals surface area contributed by atoms with E-state index in [0.29, 0.717) is 0 Å². The highest BCUT2D eigenvalue weighted by Crippen LogP contribution is 2.30. The average molecular weight is 275 g/mol. The number of amides is 1. The summed E-state index contributed by atoms with van der Waals surface area (Å²) in [6, 6.07) is 0.127. The lowest BCUT2D eigenvalue weighted by molar-refractivity contribution is 0.0133. The number of hydrogen-bond acceptors (Lipinski definition) is 4. The zero-order valence-electron chi connectivity index (χ0n) is 11.8. The summed E-state index contributed by atoms with van der Waals surface area (Å²) in [5, 5.41) is 13.1. The van der Waals surface area contributed by atoms with Crippen LogP contribution in [0.3, 0.4) is 0 Å². The van der Waals surface area contributed by atoms with E-state index in [1.165, 1.54) is 0 Å². The van der Waals surface area contributed by atoms with Crippen molar-refractivity contribution in [2.24, 2.45) is 0 Å². The van der Waals surface area contributed by atoms with Gasteiger partial charge in [-0.15, -0.1) is 0 Å². The number of rotatable bonds is 3. The lowest BCUT2D eigenvalue weighted by Crippen LogP contribution is -2.45. The van der Waals surface area contributed by atoms with Gasteiger partial charge in [0, 0.05) is 11.8 Å². The van der Waals surface area contributed by atoms with Gasteiger partial charge in [0.2, 0.25) is 0 Å². The first kappa shape index (κ1) is 15.6. The van der Waals surface area contributed by atoms with Crippen molar-refractivity contribution in [3.05, 3.63) is 0 Å². The molecule has 0 unspecified atom stereocenters. The van der Waals surface area contributed by atoms with Crippen molar-refractivity contribution in [3.8, 4) is 0 Å². The Labute approximate surface area is 114 Å². The highest BCUT2D eigenvalue weighted by Gasteiger charge is 2.33. The molecule has 5 heteroatoms. The minimum absolute atomic E-state index is 0.127. The van der Waals surface area contributed by atoms with Gasteiger partial charge in [-0.3, -0.25) is 0 Å². The van der Waals surface area contributed by atoms with E-state index in [9.17, 15) is 9.90 Å². The number of carbonyl (C=O) groups is 1. The van der Waals surface area contributed by atoms with E-state index in [1.54, 1.807) is 11.8 Å². The molecule has 0 spiro atoms. The molecular weight excluding hydrogens is 250 g/mol. The average Bonchev–Trinajstić information content (AvgIpc) is 2.19. The van der Waals surface area contributed by atoms with E-state index < -0.39 is 11.2 Å². The Morgan fingerprint density at radius 1 is 1.44 bits per heavy atom. The van der Waals surface area contributed by atoms with Gasteiger partial charge in [0.1, 0.15) is 5.60 Å². The third-order valence-electron chi connectivity index (χ3n) is 3.05. The van der Waals surface area contributed by atoms with Crippen LogP contribution in [0.15, 0.2) is 0 Å². The normalized spacial score (nSPS) is 28.8. The number of aliphatic hydroxyl groups is 1. The van der Waals surface area contributed by atoms with Crippen LogP contribution >= 0.6 is 11.8 Å². The molecule has 0 aromatic carbocycles. The van der Waals surface area contributed by atoms with E-state index in [2.05, 4.69) is 5.32 Å². The first-order valence-electron chi connectivity index (χ1n) is 6.45. The predicted octanol–water partition coefficient (Wildman–Crippen LogP) is 2.55. The Kier molecular flexibility index (Phi) is 5.34. The monoisotopic (exact) mass is 275 g/mol. The molecular formula is C13H25NO3S. The molecule has 0 aliphatic heterocycles. The Bertz CT molecular complexity index is 280. The smallest absolute Gasteiger partial charge is 0.407 e. The lowest BCUT2D eigenvalue weighted by atomic mass is 9.83. The Morgan fingerprint density at radius 2 is 2.00 bits per heavy atom. The van der Waals surface area contributed by atoms with E-state index in [4.69, 9.17) is 4.74 Å². The van der Waals surface area contributed by atoms with Crippen LogP contribution in [-0.2, 0) is 4.74 Å². The largest absolute Gasteiger partial charge is 0.444 e. The fraction of sp³-hybridized carbons (Fsp3) is 0.923. The minimum Gasteiger partial charge on any atom is -0.444 e. The molecule has 4 nitrogen and oxygen atoms in total. The third-order valence-corrected chi connectivity index (χ3v) is 3.88. The van der Waals surface area contributed by atoms with Crippen LogP contribution in [0.2, 0.25) is 0 Å². The highest BCUT2D eigenvalue weighted by atomic mass is 32.2. The topological polar surface area (TPSA) is 58.6 Å². The van der Waals surface area contributed by atoms with Gasteiger partial charge < -0.3 is 15.2 Å². The number of nitrogens with one attached hydrogen (secondary N) is 1. The van der Waals surface area contributed by atoms with E-state index in [0.717, 1.165) is 31.4 Å². The molecule has 1 fully saturated rings. The molecule has 0 radical (unpaired) electrons. The number of carbonyl (C=O) groups excluding carboxylic acids is 1. The standard InChI is InChI=1S/C13H25NO3S/c1-12(2,3)17-11(15)14-10-5-7-13(16,8-6-10)9-18-4/h10,16H,5-9H2,1-4H3,(H,14,15). The van der Waals surface area contributed by atoms with Crippen molar-refractivity contribution in [2.45, 2.75) is 63.7 Å². The molecule has 1 amide bonds. The number of ether oxygens (including phenoxy) is 1. The van der Waals surface area contributed by atoms with Crippen LogP contribution in [0.1, 0.15) is 46.5 Å². The fourth-order valence-corrected chi connectivity index (χ4v) is 3.01. The van der Waals surface area contributed by atoms with Gasteiger partial charge in [0.25, 0.3) is 0 Å². The summed E-state index contributed by atoms with van der Waals surface area (Å²) in [6.45, 7) is 5.56. The number of thioether (sulfide) groups is 1. The van der Waals surface area contributed by atoms with Crippen molar-refractivity contribution >= 4 is 17.9 Å². The molecule has 1 saturated carbocycles. The van der Waals surface area contributed by atoms with Crippen LogP contribution < -0.4 is 5.32 Å². The second-order valence-electron chi connectivity index (χ2n) is 6.08. The van der Waals surface area contributed by atoms with Crippen LogP contribution in [0.5, 0.6) is 0 Å². The zero-order chi connectivity index (χ0) is 13.8. The van der Waals surface area contributed by atoms with E-state index >= 15 is 0 Å². The number of alkyl carbamates (subject to hydrolysis) is 1. The van der Waals surface area contributed by atoms with E-state index in [-0.39, 0.29) is 12.1 Å². The molecule has 0 aromatic rings. The van der Waals surface area contributed by atoms with Gasteiger partial charge in [-0.25, -0.2) is 4.79 Å². The summed E-state index contributed by atoms with van der Waals surface area (Å²) in [7, 11) is 0. The van der Waals surface area contributed by atoms with Crippen molar-refractivity contribution in [1.82, 2.24) is 5.32 Å². The molecule has 0 saturated heterocycles. The van der Waals surface area contributed by atoms with Gasteiger partial charge in [-0.05, 0) is 52.7 Å². The molecule has 1 aliphatic rings. The maximum Gasteiger partial charge on any atom is 0.407 e. The Morgan fingerprint density at radius 3 is 2.44 bits per heavy atom. The molecule has 106 valence electrons. The summed E-state index contributed by atoms with van der Waals surface area (Å²) in [6.07, 6.45) is 4.76. The first-order chi connectivity index (χ1) is 8.24. The summed E-state index contributed by atoms with van der Waals surface area (Å²) in [4.78, 5) is 11.6. The second-order valence-corrected chi connectivity index (χ2v) is 6.94. The summed E-state index contributed by atoms with van der Waals surface area (Å²) >= 11 is 1.67. The van der Waals surface area contributed by atoms with Crippen LogP contribution in [-0.4, -0.2) is 40.5 Å². The highest BCUT2D eigenvalue weighted by molar-refractivity contribution is 7.98. The number of hydrogen-bond donors (Lipinski definition) is 2. The lowest BCUT2D eigenvalue weighted by Gasteiger charge is -2.36. The summed E-state index contributed by atoms with van der Waals surface area (Å²) < 4.78 is 5.22. The minimum atomic E-state index is -0.550.